The van der Waals surface area contributed by atoms with Crippen molar-refractivity contribution in [2.75, 3.05) is 5.32 Å². The second-order valence-corrected chi connectivity index (χ2v) is 8.64. The van der Waals surface area contributed by atoms with Gasteiger partial charge in [-0.05, 0) is 59.7 Å². The van der Waals surface area contributed by atoms with Crippen molar-refractivity contribution < 1.29 is 31.9 Å². The van der Waals surface area contributed by atoms with Gasteiger partial charge in [0.05, 0.1) is 17.7 Å². The molecule has 0 fully saturated rings. The lowest BCUT2D eigenvalue weighted by Gasteiger charge is -2.14. The summed E-state index contributed by atoms with van der Waals surface area (Å²) in [6.07, 6.45) is -0.266. The van der Waals surface area contributed by atoms with Gasteiger partial charge in [-0.15, -0.1) is 0 Å². The third kappa shape index (κ3) is 6.28. The Morgan fingerprint density at radius 2 is 1.49 bits per heavy atom. The molecular weight excluding hydrogens is 533 g/mol. The van der Waals surface area contributed by atoms with Crippen LogP contribution >= 0.6 is 23.2 Å². The van der Waals surface area contributed by atoms with Gasteiger partial charge in [0.15, 0.2) is 0 Å². The van der Waals surface area contributed by atoms with E-state index in [0.717, 1.165) is 18.2 Å². The maximum Gasteiger partial charge on any atom is 0.315 e. The SMILES string of the molecule is O=C(Cc1ccc(Cl)cc1Cl)Oc1ccc(-c2ccc(F)cc2F)cc1C(=O)Nc1ccc(F)cc1F. The van der Waals surface area contributed by atoms with E-state index in [9.17, 15) is 27.2 Å². The van der Waals surface area contributed by atoms with Gasteiger partial charge in [-0.25, -0.2) is 17.6 Å². The van der Waals surface area contributed by atoms with Gasteiger partial charge in [-0.3, -0.25) is 9.59 Å². The lowest BCUT2D eigenvalue weighted by Crippen LogP contribution is -2.18. The third-order valence-corrected chi connectivity index (χ3v) is 5.81. The summed E-state index contributed by atoms with van der Waals surface area (Å²) in [5.41, 5.74) is -0.0621. The lowest BCUT2D eigenvalue weighted by molar-refractivity contribution is -0.133. The van der Waals surface area contributed by atoms with Crippen LogP contribution in [0.5, 0.6) is 5.75 Å². The number of esters is 1. The minimum Gasteiger partial charge on any atom is -0.425 e. The molecular formula is C27H15Cl2F4NO3. The Labute approximate surface area is 218 Å². The predicted octanol–water partition coefficient (Wildman–Crippen LogP) is 7.62. The molecule has 4 nitrogen and oxygen atoms in total. The monoisotopic (exact) mass is 547 g/mol. The molecule has 0 saturated heterocycles. The van der Waals surface area contributed by atoms with Gasteiger partial charge < -0.3 is 10.1 Å². The van der Waals surface area contributed by atoms with Crippen LogP contribution in [0.15, 0.2) is 72.8 Å². The Morgan fingerprint density at radius 3 is 2.16 bits per heavy atom. The Balaban J connectivity index is 1.68. The largest absolute Gasteiger partial charge is 0.425 e. The van der Waals surface area contributed by atoms with Crippen molar-refractivity contribution in [2.45, 2.75) is 6.42 Å². The Kier molecular flexibility index (Phi) is 7.80. The molecule has 4 aromatic rings. The molecule has 4 aromatic carbocycles. The van der Waals surface area contributed by atoms with Crippen molar-refractivity contribution in [3.05, 3.63) is 117 Å². The van der Waals surface area contributed by atoms with Crippen LogP contribution < -0.4 is 10.1 Å². The molecule has 4 rings (SSSR count). The summed E-state index contributed by atoms with van der Waals surface area (Å²) in [7, 11) is 0. The van der Waals surface area contributed by atoms with Crippen molar-refractivity contribution in [3.63, 3.8) is 0 Å². The molecule has 1 N–H and O–H groups in total. The molecule has 1 amide bonds. The number of amides is 1. The van der Waals surface area contributed by atoms with Gasteiger partial charge in [0, 0.05) is 27.7 Å². The Hall–Kier alpha value is -3.88. The number of rotatable bonds is 6. The van der Waals surface area contributed by atoms with E-state index < -0.39 is 35.1 Å². The van der Waals surface area contributed by atoms with Crippen LogP contribution in [-0.2, 0) is 11.2 Å². The first-order chi connectivity index (χ1) is 17.6. The second kappa shape index (κ2) is 11.0. The number of carbonyl (C=O) groups is 2. The molecule has 0 heterocycles. The number of nitrogens with one attached hydrogen (secondary N) is 1. The highest BCUT2D eigenvalue weighted by Crippen LogP contribution is 2.31. The van der Waals surface area contributed by atoms with Crippen molar-refractivity contribution in [1.82, 2.24) is 0 Å². The smallest absolute Gasteiger partial charge is 0.315 e. The van der Waals surface area contributed by atoms with E-state index in [-0.39, 0.29) is 39.6 Å². The summed E-state index contributed by atoms with van der Waals surface area (Å²) in [5, 5.41) is 2.88. The average molecular weight is 548 g/mol. The van der Waals surface area contributed by atoms with E-state index in [0.29, 0.717) is 22.7 Å². The lowest BCUT2D eigenvalue weighted by atomic mass is 10.0. The minimum absolute atomic E-state index is 0.0331. The van der Waals surface area contributed by atoms with Crippen LogP contribution in [0.3, 0.4) is 0 Å². The highest BCUT2D eigenvalue weighted by molar-refractivity contribution is 6.35. The van der Waals surface area contributed by atoms with Crippen LogP contribution in [0.2, 0.25) is 10.0 Å². The summed E-state index contributed by atoms with van der Waals surface area (Å²) < 4.78 is 60.5. The molecule has 0 atom stereocenters. The fourth-order valence-corrected chi connectivity index (χ4v) is 3.92. The number of benzene rings is 4. The number of halogens is 6. The van der Waals surface area contributed by atoms with E-state index >= 15 is 0 Å². The number of hydrogen-bond acceptors (Lipinski definition) is 3. The molecule has 0 spiro atoms. The van der Waals surface area contributed by atoms with Crippen LogP contribution in [0, 0.1) is 23.3 Å². The van der Waals surface area contributed by atoms with E-state index in [1.54, 1.807) is 0 Å². The fourth-order valence-electron chi connectivity index (χ4n) is 3.45. The summed E-state index contributed by atoms with van der Waals surface area (Å²) in [4.78, 5) is 25.7. The Bertz CT molecular complexity index is 1530. The predicted molar refractivity (Wildman–Crippen MR) is 132 cm³/mol. The molecule has 188 valence electrons. The summed E-state index contributed by atoms with van der Waals surface area (Å²) in [6, 6.07) is 13.8. The van der Waals surface area contributed by atoms with E-state index in [2.05, 4.69) is 5.32 Å². The second-order valence-electron chi connectivity index (χ2n) is 7.80. The quantitative estimate of drug-likeness (QED) is 0.153. The maximum atomic E-state index is 14.4. The zero-order valence-corrected chi connectivity index (χ0v) is 20.1. The summed E-state index contributed by atoms with van der Waals surface area (Å²) in [6.45, 7) is 0. The number of anilines is 1. The van der Waals surface area contributed by atoms with Crippen LogP contribution in [0.4, 0.5) is 23.2 Å². The van der Waals surface area contributed by atoms with Gasteiger partial charge in [-0.1, -0.05) is 35.3 Å². The van der Waals surface area contributed by atoms with Crippen LogP contribution in [0.1, 0.15) is 15.9 Å². The summed E-state index contributed by atoms with van der Waals surface area (Å²) in [5.74, 6) is -5.50. The molecule has 0 aliphatic rings. The number of hydrogen-bond donors (Lipinski definition) is 1. The highest BCUT2D eigenvalue weighted by Gasteiger charge is 2.20. The fraction of sp³-hybridized carbons (Fsp3) is 0.0370. The van der Waals surface area contributed by atoms with Crippen LogP contribution in [0.25, 0.3) is 11.1 Å². The van der Waals surface area contributed by atoms with E-state index in [1.807, 2.05) is 0 Å². The van der Waals surface area contributed by atoms with Gasteiger partial charge in [0.2, 0.25) is 0 Å². The molecule has 0 bridgehead atoms. The van der Waals surface area contributed by atoms with Gasteiger partial charge in [0.1, 0.15) is 29.0 Å². The topological polar surface area (TPSA) is 55.4 Å². The van der Waals surface area contributed by atoms with E-state index in [4.69, 9.17) is 27.9 Å². The van der Waals surface area contributed by atoms with Crippen molar-refractivity contribution in [2.24, 2.45) is 0 Å². The maximum absolute atomic E-state index is 14.4. The highest BCUT2D eigenvalue weighted by atomic mass is 35.5. The molecule has 0 radical (unpaired) electrons. The number of carbonyl (C=O) groups excluding carboxylic acids is 2. The average Bonchev–Trinajstić information content (AvgIpc) is 2.83. The third-order valence-electron chi connectivity index (χ3n) is 5.22. The van der Waals surface area contributed by atoms with Crippen molar-refractivity contribution in [1.29, 1.82) is 0 Å². The molecule has 0 unspecified atom stereocenters. The molecule has 37 heavy (non-hydrogen) atoms. The zero-order chi connectivity index (χ0) is 26.7. The Morgan fingerprint density at radius 1 is 0.784 bits per heavy atom. The molecule has 10 heteroatoms. The molecule has 0 aliphatic carbocycles. The first kappa shape index (κ1) is 26.2. The first-order valence-corrected chi connectivity index (χ1v) is 11.4. The van der Waals surface area contributed by atoms with Gasteiger partial charge in [-0.2, -0.15) is 0 Å². The standard InChI is InChI=1S/C27H15Cl2F4NO3/c28-16-3-1-15(21(29)11-16)10-26(35)37-25-8-2-14(19-6-4-17(30)12-22(19)32)9-20(25)27(36)34-24-7-5-18(31)13-23(24)33/h1-9,11-13H,10H2,(H,34,36). The first-order valence-electron chi connectivity index (χ1n) is 10.6. The van der Waals surface area contributed by atoms with Crippen molar-refractivity contribution >= 4 is 40.8 Å². The van der Waals surface area contributed by atoms with E-state index in [1.165, 1.54) is 42.5 Å². The molecule has 0 aliphatic heterocycles. The van der Waals surface area contributed by atoms with Gasteiger partial charge >= 0.3 is 5.97 Å². The molecule has 0 aromatic heterocycles. The molecule has 0 saturated carbocycles. The van der Waals surface area contributed by atoms with Crippen molar-refractivity contribution in [3.8, 4) is 16.9 Å². The van der Waals surface area contributed by atoms with Gasteiger partial charge in [0.25, 0.3) is 5.91 Å². The zero-order valence-electron chi connectivity index (χ0n) is 18.6. The minimum atomic E-state index is -1.04. The summed E-state index contributed by atoms with van der Waals surface area (Å²) >= 11 is 12.0. The number of ether oxygens (including phenoxy) is 1. The normalized spacial score (nSPS) is 10.8. The van der Waals surface area contributed by atoms with Crippen LogP contribution in [-0.4, -0.2) is 11.9 Å².